The Labute approximate surface area is 182 Å². The quantitative estimate of drug-likeness (QED) is 0.647. The second-order valence-electron chi connectivity index (χ2n) is 7.76. The van der Waals surface area contributed by atoms with E-state index >= 15 is 0 Å². The average Bonchev–Trinajstić information content (AvgIpc) is 2.99. The lowest BCUT2D eigenvalue weighted by Crippen LogP contribution is -2.58. The summed E-state index contributed by atoms with van der Waals surface area (Å²) in [5, 5.41) is 10.6. The molecule has 9 heteroatoms. The molecule has 1 spiro atoms. The molecule has 1 atom stereocenters. The van der Waals surface area contributed by atoms with Crippen LogP contribution in [0.2, 0.25) is 0 Å². The van der Waals surface area contributed by atoms with Gasteiger partial charge >= 0.3 is 6.18 Å². The zero-order valence-corrected chi connectivity index (χ0v) is 17.5. The molecular formula is C23H19F3N4O2. The van der Waals surface area contributed by atoms with Gasteiger partial charge in [-0.2, -0.15) is 28.4 Å². The molecular weight excluding hydrogens is 421 g/mol. The van der Waals surface area contributed by atoms with Crippen LogP contribution in [0.4, 0.5) is 18.9 Å². The van der Waals surface area contributed by atoms with Crippen LogP contribution >= 0.6 is 0 Å². The Kier molecular flexibility index (Phi) is 4.99. The number of alkyl halides is 3. The summed E-state index contributed by atoms with van der Waals surface area (Å²) in [6.07, 6.45) is -2.07. The van der Waals surface area contributed by atoms with Crippen LogP contribution < -0.4 is 5.01 Å². The van der Waals surface area contributed by atoms with Gasteiger partial charge in [-0.3, -0.25) is 9.59 Å². The van der Waals surface area contributed by atoms with E-state index in [0.29, 0.717) is 16.8 Å². The number of allylic oxidation sites excluding steroid dienone is 1. The maximum absolute atomic E-state index is 13.9. The normalized spacial score (nSPS) is 19.8. The summed E-state index contributed by atoms with van der Waals surface area (Å²) in [7, 11) is 0. The number of amides is 2. The molecule has 2 aliphatic rings. The minimum absolute atomic E-state index is 0.00233. The van der Waals surface area contributed by atoms with Crippen molar-refractivity contribution in [2.45, 2.75) is 32.5 Å². The van der Waals surface area contributed by atoms with Crippen LogP contribution in [0.5, 0.6) is 0 Å². The first-order valence-corrected chi connectivity index (χ1v) is 9.77. The molecule has 0 N–H and O–H groups in total. The van der Waals surface area contributed by atoms with Gasteiger partial charge in [-0.25, -0.2) is 5.01 Å². The molecule has 32 heavy (non-hydrogen) atoms. The average molecular weight is 440 g/mol. The summed E-state index contributed by atoms with van der Waals surface area (Å²) < 4.78 is 40.6. The summed E-state index contributed by atoms with van der Waals surface area (Å²) in [5.74, 6) is -1.32. The van der Waals surface area contributed by atoms with Crippen molar-refractivity contribution >= 4 is 29.4 Å². The zero-order chi connectivity index (χ0) is 23.3. The third-order valence-corrected chi connectivity index (χ3v) is 5.30. The van der Waals surface area contributed by atoms with E-state index in [9.17, 15) is 22.8 Å². The molecule has 2 aromatic carbocycles. The minimum Gasteiger partial charge on any atom is -0.269 e. The van der Waals surface area contributed by atoms with E-state index in [0.717, 1.165) is 22.2 Å². The number of nitrogens with zero attached hydrogens (tertiary/aromatic N) is 4. The molecule has 2 aromatic rings. The van der Waals surface area contributed by atoms with Gasteiger partial charge in [0.2, 0.25) is 5.54 Å². The van der Waals surface area contributed by atoms with Gasteiger partial charge in [0.1, 0.15) is 0 Å². The number of carbonyl (C=O) groups is 2. The molecule has 4 rings (SSSR count). The number of hydrogen-bond acceptors (Lipinski definition) is 4. The molecule has 2 amide bonds. The number of carbonyl (C=O) groups excluding carboxylic acids is 2. The summed E-state index contributed by atoms with van der Waals surface area (Å²) in [6.45, 7) is 4.90. The molecule has 2 aliphatic heterocycles. The highest BCUT2D eigenvalue weighted by atomic mass is 19.4. The molecule has 1 unspecified atom stereocenters. The predicted octanol–water partition coefficient (Wildman–Crippen LogP) is 4.47. The van der Waals surface area contributed by atoms with Crippen LogP contribution in [0.1, 0.15) is 37.5 Å². The van der Waals surface area contributed by atoms with Crippen molar-refractivity contribution in [2.24, 2.45) is 10.2 Å². The molecule has 0 aromatic heterocycles. The first-order valence-electron chi connectivity index (χ1n) is 9.77. The van der Waals surface area contributed by atoms with Crippen molar-refractivity contribution in [1.82, 2.24) is 5.01 Å². The van der Waals surface area contributed by atoms with Crippen LogP contribution in [0, 0.1) is 0 Å². The van der Waals surface area contributed by atoms with E-state index in [-0.39, 0.29) is 11.3 Å². The smallest absolute Gasteiger partial charge is 0.269 e. The number of halogens is 3. The van der Waals surface area contributed by atoms with Gasteiger partial charge in [-0.15, -0.1) is 0 Å². The van der Waals surface area contributed by atoms with E-state index < -0.39 is 29.1 Å². The lowest BCUT2D eigenvalue weighted by molar-refractivity contribution is -0.140. The van der Waals surface area contributed by atoms with Crippen LogP contribution in [0.15, 0.2) is 70.4 Å². The maximum Gasteiger partial charge on any atom is 0.416 e. The van der Waals surface area contributed by atoms with Crippen LogP contribution in [0.3, 0.4) is 0 Å². The lowest BCUT2D eigenvalue weighted by Gasteiger charge is -2.39. The topological polar surface area (TPSA) is 65.3 Å². The van der Waals surface area contributed by atoms with Gasteiger partial charge in [0.25, 0.3) is 11.8 Å². The Hall–Kier alpha value is -3.75. The fourth-order valence-electron chi connectivity index (χ4n) is 3.88. The predicted molar refractivity (Wildman–Crippen MR) is 114 cm³/mol. The van der Waals surface area contributed by atoms with Crippen molar-refractivity contribution in [2.75, 3.05) is 5.01 Å². The van der Waals surface area contributed by atoms with Crippen molar-refractivity contribution in [3.05, 3.63) is 76.9 Å². The van der Waals surface area contributed by atoms with E-state index in [4.69, 9.17) is 0 Å². The molecule has 0 fully saturated rings. The Bertz CT molecular complexity index is 1200. The Morgan fingerprint density at radius 1 is 1.09 bits per heavy atom. The summed E-state index contributed by atoms with van der Waals surface area (Å²) in [5.41, 5.74) is -1.36. The second kappa shape index (κ2) is 7.44. The summed E-state index contributed by atoms with van der Waals surface area (Å²) in [4.78, 5) is 26.9. The minimum atomic E-state index is -4.63. The largest absolute Gasteiger partial charge is 0.416 e. The molecule has 2 heterocycles. The van der Waals surface area contributed by atoms with Crippen molar-refractivity contribution in [3.63, 3.8) is 0 Å². The standard InChI is InChI=1S/C23H19F3N4O2/c1-14(2)11-20(31)30-22(15(3)28-29(21(22)32)18-7-5-4-6-8-18)19-12-17(23(24,25)26)10-9-16(19)13-27-30/h4-13H,1-3H3. The number of benzene rings is 2. The van der Waals surface area contributed by atoms with E-state index in [1.165, 1.54) is 25.3 Å². The summed E-state index contributed by atoms with van der Waals surface area (Å²) >= 11 is 0. The fraction of sp³-hybridized carbons (Fsp3) is 0.217. The third-order valence-electron chi connectivity index (χ3n) is 5.30. The van der Waals surface area contributed by atoms with Gasteiger partial charge in [-0.1, -0.05) is 29.8 Å². The van der Waals surface area contributed by atoms with Gasteiger partial charge < -0.3 is 0 Å². The third kappa shape index (κ3) is 3.21. The maximum atomic E-state index is 13.9. The fourth-order valence-corrected chi connectivity index (χ4v) is 3.88. The monoisotopic (exact) mass is 440 g/mol. The lowest BCUT2D eigenvalue weighted by atomic mass is 9.80. The second-order valence-corrected chi connectivity index (χ2v) is 7.76. The Balaban J connectivity index is 1.98. The number of fused-ring (bicyclic) bond motifs is 2. The van der Waals surface area contributed by atoms with Gasteiger partial charge in [-0.05, 0) is 45.0 Å². The van der Waals surface area contributed by atoms with E-state index in [2.05, 4.69) is 10.2 Å². The number of rotatable bonds is 2. The Morgan fingerprint density at radius 2 is 1.78 bits per heavy atom. The Morgan fingerprint density at radius 3 is 2.41 bits per heavy atom. The number of hydrazone groups is 2. The van der Waals surface area contributed by atoms with Crippen LogP contribution in [0.25, 0.3) is 0 Å². The molecule has 0 bridgehead atoms. The summed E-state index contributed by atoms with van der Waals surface area (Å²) in [6, 6.07) is 11.5. The highest BCUT2D eigenvalue weighted by Gasteiger charge is 2.59. The van der Waals surface area contributed by atoms with Crippen molar-refractivity contribution in [1.29, 1.82) is 0 Å². The number of para-hydroxylation sites is 1. The van der Waals surface area contributed by atoms with Gasteiger partial charge in [0.05, 0.1) is 23.2 Å². The first kappa shape index (κ1) is 21.5. The molecule has 0 aliphatic carbocycles. The highest BCUT2D eigenvalue weighted by Crippen LogP contribution is 2.44. The number of hydrogen-bond donors (Lipinski definition) is 0. The van der Waals surface area contributed by atoms with Crippen LogP contribution in [-0.4, -0.2) is 28.7 Å². The first-order chi connectivity index (χ1) is 15.1. The highest BCUT2D eigenvalue weighted by molar-refractivity contribution is 6.25. The molecule has 6 nitrogen and oxygen atoms in total. The zero-order valence-electron chi connectivity index (χ0n) is 17.5. The molecule has 0 saturated heterocycles. The van der Waals surface area contributed by atoms with Crippen LogP contribution in [-0.2, 0) is 21.3 Å². The van der Waals surface area contributed by atoms with E-state index in [1.54, 1.807) is 44.2 Å². The molecule has 164 valence electrons. The van der Waals surface area contributed by atoms with Crippen molar-refractivity contribution in [3.8, 4) is 0 Å². The SMILES string of the molecule is CC(C)=CC(=O)N1N=Cc2ccc(C(F)(F)F)cc2C12C(=O)N(c1ccccc1)N=C2C. The van der Waals surface area contributed by atoms with Crippen molar-refractivity contribution < 1.29 is 22.8 Å². The molecule has 0 radical (unpaired) electrons. The van der Waals surface area contributed by atoms with Gasteiger partial charge in [0, 0.05) is 17.2 Å². The van der Waals surface area contributed by atoms with Gasteiger partial charge in [0.15, 0.2) is 0 Å². The number of anilines is 1. The van der Waals surface area contributed by atoms with E-state index in [1.807, 2.05) is 0 Å². The molecule has 0 saturated carbocycles.